The van der Waals surface area contributed by atoms with Crippen LogP contribution in [0, 0.1) is 0 Å². The topological polar surface area (TPSA) is 212 Å². The van der Waals surface area contributed by atoms with E-state index in [1.165, 1.54) is 0 Å². The molecule has 2 aromatic rings. The number of rotatable bonds is 4. The first-order chi connectivity index (χ1) is 11.2. The number of hydrogen-bond acceptors (Lipinski definition) is 11. The molecule has 26 heavy (non-hydrogen) atoms. The molecule has 5 N–H and O–H groups in total. The number of aliphatic hydroxyl groups excluding tert-OH is 2. The van der Waals surface area contributed by atoms with Crippen LogP contribution in [0.1, 0.15) is 6.23 Å². The van der Waals surface area contributed by atoms with Crippen molar-refractivity contribution < 1.29 is 71.5 Å². The van der Waals surface area contributed by atoms with Crippen LogP contribution in [-0.4, -0.2) is 54.7 Å². The third-order valence-corrected chi connectivity index (χ3v) is 3.92. The number of imidazole rings is 1. The minimum absolute atomic E-state index is 0. The molecule has 0 bridgehead atoms. The normalized spacial score (nSPS) is 25.7. The molecule has 16 heteroatoms. The number of nitrogens with one attached hydrogen (secondary N) is 1. The van der Waals surface area contributed by atoms with Crippen LogP contribution in [0.2, 0.25) is 0 Å². The van der Waals surface area contributed by atoms with Gasteiger partial charge in [-0.25, -0.2) is 4.98 Å². The molecule has 2 aromatic heterocycles. The summed E-state index contributed by atoms with van der Waals surface area (Å²) in [6.45, 7) is -0.776. The maximum absolute atomic E-state index is 11.7. The van der Waals surface area contributed by atoms with Gasteiger partial charge < -0.3 is 39.6 Å². The van der Waals surface area contributed by atoms with E-state index in [1.54, 1.807) is 0 Å². The van der Waals surface area contributed by atoms with E-state index in [9.17, 15) is 29.4 Å². The zero-order valence-corrected chi connectivity index (χ0v) is 14.7. The van der Waals surface area contributed by atoms with Crippen LogP contribution in [0.4, 0.5) is 5.95 Å². The number of ether oxygens (including phenoxy) is 1. The first-order valence-electron chi connectivity index (χ1n) is 6.58. The van der Waals surface area contributed by atoms with E-state index in [2.05, 4.69) is 19.5 Å². The van der Waals surface area contributed by atoms with Crippen LogP contribution in [0.3, 0.4) is 0 Å². The Balaban J connectivity index is 0.00000169. The van der Waals surface area contributed by atoms with Gasteiger partial charge in [0.05, 0.1) is 20.8 Å². The van der Waals surface area contributed by atoms with Gasteiger partial charge >= 0.3 is 37.7 Å². The van der Waals surface area contributed by atoms with Crippen LogP contribution in [0.5, 0.6) is 0 Å². The van der Waals surface area contributed by atoms with Crippen LogP contribution in [0.15, 0.2) is 11.1 Å². The molecule has 132 valence electrons. The molecule has 13 nitrogen and oxygen atoms in total. The van der Waals surface area contributed by atoms with Gasteiger partial charge in [-0.15, -0.1) is 0 Å². The minimum atomic E-state index is -5.26. The van der Waals surface area contributed by atoms with E-state index in [0.29, 0.717) is 0 Å². The molecular weight excluding hydrogens is 368 g/mol. The monoisotopic (exact) mass is 380 g/mol. The Morgan fingerprint density at radius 1 is 1.38 bits per heavy atom. The van der Waals surface area contributed by atoms with E-state index in [0.717, 1.165) is 10.9 Å². The Kier molecular flexibility index (Phi) is 7.70. The van der Waals surface area contributed by atoms with Crippen LogP contribution in [-0.2, 0) is 13.8 Å². The molecule has 3 rings (SSSR count). The number of nitrogens with zero attached hydrogens (tertiary/aromatic N) is 3. The van der Waals surface area contributed by atoms with Crippen molar-refractivity contribution in [2.24, 2.45) is 0 Å². The van der Waals surface area contributed by atoms with Crippen molar-refractivity contribution >= 4 is 24.9 Å². The van der Waals surface area contributed by atoms with Crippen molar-refractivity contribution in [1.82, 2.24) is 19.5 Å². The first kappa shape index (κ1) is 23.4. The molecule has 1 unspecified atom stereocenters. The second kappa shape index (κ2) is 8.56. The smallest absolute Gasteiger partial charge is 0.790 e. The Morgan fingerprint density at radius 3 is 2.65 bits per heavy atom. The van der Waals surface area contributed by atoms with Crippen LogP contribution >= 0.6 is 7.82 Å². The van der Waals surface area contributed by atoms with Gasteiger partial charge in [-0.3, -0.25) is 14.3 Å². The van der Waals surface area contributed by atoms with Gasteiger partial charge in [-0.1, -0.05) is 0 Å². The van der Waals surface area contributed by atoms with Gasteiger partial charge in [-0.05, 0) is 0 Å². The maximum Gasteiger partial charge on any atom is 1.00 e. The summed E-state index contributed by atoms with van der Waals surface area (Å²) in [7, 11) is -5.26. The molecule has 0 aliphatic carbocycles. The van der Waals surface area contributed by atoms with Crippen molar-refractivity contribution in [3.8, 4) is 0 Å². The second-order valence-electron chi connectivity index (χ2n) is 5.06. The Labute approximate surface area is 169 Å². The average Bonchev–Trinajstić information content (AvgIpc) is 3.00. The fraction of sp³-hybridized carbons (Fsp3) is 0.500. The van der Waals surface area contributed by atoms with E-state index < -0.39 is 44.5 Å². The molecule has 0 amide bonds. The Bertz CT molecular complexity index is 871. The summed E-state index contributed by atoms with van der Waals surface area (Å²) >= 11 is 0. The fourth-order valence-electron chi connectivity index (χ4n) is 2.39. The summed E-state index contributed by atoms with van der Waals surface area (Å²) < 4.78 is 21.0. The van der Waals surface area contributed by atoms with E-state index in [4.69, 9.17) is 10.5 Å². The van der Waals surface area contributed by atoms with Crippen molar-refractivity contribution in [2.75, 3.05) is 12.3 Å². The van der Waals surface area contributed by atoms with E-state index in [1.807, 2.05) is 0 Å². The number of aromatic nitrogens is 4. The molecule has 1 aliphatic rings. The number of anilines is 1. The fourth-order valence-corrected chi connectivity index (χ4v) is 2.72. The molecule has 4 atom stereocenters. The number of phosphoric ester groups is 1. The van der Waals surface area contributed by atoms with Gasteiger partial charge in [0.2, 0.25) is 5.95 Å². The predicted octanol–water partition coefficient (Wildman–Crippen LogP) is -9.83. The van der Waals surface area contributed by atoms with Crippen molar-refractivity contribution in [3.05, 3.63) is 16.7 Å². The molecule has 3 heterocycles. The number of aliphatic hydroxyl groups is 2. The maximum atomic E-state index is 11.7. The number of nitrogens with two attached hydrogens (primary N) is 1. The van der Waals surface area contributed by atoms with Crippen LogP contribution < -0.4 is 58.8 Å². The van der Waals surface area contributed by atoms with Crippen LogP contribution in [0.25, 0.3) is 11.2 Å². The molecule has 1 fully saturated rings. The predicted molar refractivity (Wildman–Crippen MR) is 72.0 cm³/mol. The van der Waals surface area contributed by atoms with Gasteiger partial charge in [0, 0.05) is 0 Å². The SMILES string of the molecule is [15NH2]c1[15n]c2c([15n]c[15n]2[C@@H]2O[C@H](COP(=O)([O-])[O-])[C@H](O)C2O)c(=O)[15nH]1.[Li+].[Li+]. The summed E-state index contributed by atoms with van der Waals surface area (Å²) in [4.78, 5) is 42.7. The first-order valence-corrected chi connectivity index (χ1v) is 8.04. The van der Waals surface area contributed by atoms with Gasteiger partial charge in [0.15, 0.2) is 17.4 Å². The number of phosphoric acid groups is 1. The molecule has 1 aliphatic heterocycles. The Hall–Kier alpha value is -0.665. The quantitative estimate of drug-likeness (QED) is 0.222. The van der Waals surface area contributed by atoms with Gasteiger partial charge in [0.25, 0.3) is 5.56 Å². The van der Waals surface area contributed by atoms with Crippen molar-refractivity contribution in [2.45, 2.75) is 24.5 Å². The Morgan fingerprint density at radius 2 is 2.04 bits per heavy atom. The third kappa shape index (κ3) is 4.59. The van der Waals surface area contributed by atoms with Gasteiger partial charge in [-0.2, -0.15) is 4.98 Å². The summed E-state index contributed by atoms with van der Waals surface area (Å²) in [6, 6.07) is 0. The molecule has 0 aromatic carbocycles. The summed E-state index contributed by atoms with van der Waals surface area (Å²) in [6.07, 6.45) is -4.46. The second-order valence-corrected chi connectivity index (χ2v) is 6.22. The number of nitrogen functional groups attached to an aromatic ring is 1. The zero-order chi connectivity index (χ0) is 17.6. The summed E-state index contributed by atoms with van der Waals surface area (Å²) in [5, 5.41) is 20.0. The number of H-pyrrole nitrogens is 1. The number of hydrogen-bond donors (Lipinski definition) is 4. The summed E-state index contributed by atoms with van der Waals surface area (Å²) in [5.74, 6) is -0.194. The number of aromatic amines is 1. The molecule has 1 saturated heterocycles. The van der Waals surface area contributed by atoms with E-state index >= 15 is 0 Å². The number of fused-ring (bicyclic) bond motifs is 1. The molecule has 0 spiro atoms. The molecule has 0 saturated carbocycles. The van der Waals surface area contributed by atoms with Crippen molar-refractivity contribution in [1.29, 1.82) is 0 Å². The molecular formula is C10H12Li2N5O8P. The van der Waals surface area contributed by atoms with Gasteiger partial charge in [0.1, 0.15) is 18.3 Å². The standard InChI is InChI=1S/C10H14N5O8P.2Li/c11-10-13-7-4(8(18)14-10)12-2-15(7)9-6(17)5(16)3(23-9)1-22-24(19,20)21;;/h2-3,5-6,9,16-17H,1H2,(H2,19,20,21)(H3,11,13,14,18);;/q;2*+1/p-2/t3-,5+,6?,9-;;/m1../s1/i11+1,12+1,13+1,14+1,15+1;;. The van der Waals surface area contributed by atoms with Crippen molar-refractivity contribution in [3.63, 3.8) is 0 Å². The third-order valence-electron chi connectivity index (χ3n) is 3.46. The summed E-state index contributed by atoms with van der Waals surface area (Å²) in [5.41, 5.74) is 4.77. The largest absolute Gasteiger partial charge is 1.00 e. The van der Waals surface area contributed by atoms with E-state index in [-0.39, 0.29) is 54.8 Å². The molecule has 0 radical (unpaired) electrons. The zero-order valence-electron chi connectivity index (χ0n) is 13.8. The minimum Gasteiger partial charge on any atom is -0.790 e. The average molecular weight is 380 g/mol.